The maximum absolute atomic E-state index is 12.0. The monoisotopic (exact) mass is 252 g/mol. The Hall–Kier alpha value is -1.29. The van der Waals surface area contributed by atoms with Crippen molar-refractivity contribution in [2.75, 3.05) is 6.26 Å². The number of carboxylic acids is 1. The first-order valence-corrected chi connectivity index (χ1v) is 6.65. The number of Topliss-reactive ketones (excluding diaryl/α,β-unsaturated/α-hetero) is 1. The molecule has 1 aromatic carbocycles. The van der Waals surface area contributed by atoms with Gasteiger partial charge in [-0.05, 0) is 18.2 Å². The molecular formula is C13H16O3S. The predicted molar refractivity (Wildman–Crippen MR) is 68.6 cm³/mol. The standard InChI is InChI=1S/C13H16O3S/c1-9(8-13(15)16)7-11(14)10-5-3-4-6-12(10)17-2/h3-6,9H,7-8H2,1-2H3,(H,15,16)/t9-/m0/s1. The molecule has 0 bridgehead atoms. The summed E-state index contributed by atoms with van der Waals surface area (Å²) in [5.41, 5.74) is 0.692. The topological polar surface area (TPSA) is 54.4 Å². The number of carboxylic acid groups (broad SMARTS) is 1. The summed E-state index contributed by atoms with van der Waals surface area (Å²) in [6.45, 7) is 1.79. The lowest BCUT2D eigenvalue weighted by atomic mass is 9.97. The molecule has 1 atom stereocenters. The number of carbonyl (C=O) groups excluding carboxylic acids is 1. The first kappa shape index (κ1) is 13.8. The van der Waals surface area contributed by atoms with Gasteiger partial charge in [0.25, 0.3) is 0 Å². The molecule has 1 aromatic rings. The van der Waals surface area contributed by atoms with Gasteiger partial charge in [0.05, 0.1) is 0 Å². The van der Waals surface area contributed by atoms with Crippen LogP contribution < -0.4 is 0 Å². The van der Waals surface area contributed by atoms with Crippen molar-refractivity contribution in [1.29, 1.82) is 0 Å². The first-order chi connectivity index (χ1) is 8.04. The van der Waals surface area contributed by atoms with E-state index in [1.807, 2.05) is 24.5 Å². The molecule has 3 nitrogen and oxygen atoms in total. The zero-order valence-electron chi connectivity index (χ0n) is 9.97. The Kier molecular flexibility index (Phi) is 5.22. The molecule has 1 rings (SSSR count). The largest absolute Gasteiger partial charge is 0.481 e. The number of hydrogen-bond donors (Lipinski definition) is 1. The van der Waals surface area contributed by atoms with E-state index in [2.05, 4.69) is 0 Å². The molecule has 4 heteroatoms. The summed E-state index contributed by atoms with van der Waals surface area (Å²) in [4.78, 5) is 23.5. The number of rotatable bonds is 6. The molecule has 0 fully saturated rings. The van der Waals surface area contributed by atoms with Crippen LogP contribution in [0.15, 0.2) is 29.2 Å². The quantitative estimate of drug-likeness (QED) is 0.624. The van der Waals surface area contributed by atoms with Crippen molar-refractivity contribution < 1.29 is 14.7 Å². The molecule has 0 spiro atoms. The maximum Gasteiger partial charge on any atom is 0.303 e. The lowest BCUT2D eigenvalue weighted by molar-refractivity contribution is -0.137. The number of hydrogen-bond acceptors (Lipinski definition) is 3. The first-order valence-electron chi connectivity index (χ1n) is 5.42. The van der Waals surface area contributed by atoms with Crippen molar-refractivity contribution in [3.63, 3.8) is 0 Å². The van der Waals surface area contributed by atoms with Gasteiger partial charge < -0.3 is 5.11 Å². The zero-order chi connectivity index (χ0) is 12.8. The van der Waals surface area contributed by atoms with Crippen LogP contribution in [0.4, 0.5) is 0 Å². The van der Waals surface area contributed by atoms with Gasteiger partial charge in [0, 0.05) is 23.3 Å². The van der Waals surface area contributed by atoms with E-state index in [1.54, 1.807) is 13.0 Å². The van der Waals surface area contributed by atoms with Crippen molar-refractivity contribution in [2.45, 2.75) is 24.7 Å². The van der Waals surface area contributed by atoms with Crippen LogP contribution in [0.1, 0.15) is 30.1 Å². The second-order valence-corrected chi connectivity index (χ2v) is 4.88. The molecular weight excluding hydrogens is 236 g/mol. The van der Waals surface area contributed by atoms with Gasteiger partial charge in [0.15, 0.2) is 5.78 Å². The van der Waals surface area contributed by atoms with Crippen LogP contribution in [0.25, 0.3) is 0 Å². The normalized spacial score (nSPS) is 12.1. The van der Waals surface area contributed by atoms with Crippen LogP contribution in [-0.4, -0.2) is 23.1 Å². The smallest absolute Gasteiger partial charge is 0.303 e. The van der Waals surface area contributed by atoms with Gasteiger partial charge in [-0.3, -0.25) is 9.59 Å². The fourth-order valence-corrected chi connectivity index (χ4v) is 2.29. The molecule has 0 aromatic heterocycles. The molecule has 0 aliphatic heterocycles. The Morgan fingerprint density at radius 3 is 2.53 bits per heavy atom. The summed E-state index contributed by atoms with van der Waals surface area (Å²) in [5, 5.41) is 8.65. The lowest BCUT2D eigenvalue weighted by Crippen LogP contribution is -2.11. The van der Waals surface area contributed by atoms with E-state index >= 15 is 0 Å². The minimum absolute atomic E-state index is 0.0173. The second kappa shape index (κ2) is 6.45. The molecule has 0 amide bonds. The van der Waals surface area contributed by atoms with Gasteiger partial charge in [-0.15, -0.1) is 11.8 Å². The molecule has 0 radical (unpaired) electrons. The lowest BCUT2D eigenvalue weighted by Gasteiger charge is -2.09. The Morgan fingerprint density at radius 2 is 1.94 bits per heavy atom. The molecule has 0 saturated carbocycles. The van der Waals surface area contributed by atoms with Crippen LogP contribution >= 0.6 is 11.8 Å². The Morgan fingerprint density at radius 1 is 1.29 bits per heavy atom. The number of carbonyl (C=O) groups is 2. The highest BCUT2D eigenvalue weighted by Crippen LogP contribution is 2.23. The van der Waals surface area contributed by atoms with Crippen molar-refractivity contribution in [3.05, 3.63) is 29.8 Å². The number of aliphatic carboxylic acids is 1. The Balaban J connectivity index is 2.72. The van der Waals surface area contributed by atoms with Gasteiger partial charge >= 0.3 is 5.97 Å². The highest BCUT2D eigenvalue weighted by atomic mass is 32.2. The highest BCUT2D eigenvalue weighted by Gasteiger charge is 2.16. The van der Waals surface area contributed by atoms with Gasteiger partial charge in [0.2, 0.25) is 0 Å². The van der Waals surface area contributed by atoms with Crippen molar-refractivity contribution in [1.82, 2.24) is 0 Å². The molecule has 17 heavy (non-hydrogen) atoms. The van der Waals surface area contributed by atoms with E-state index in [0.29, 0.717) is 5.56 Å². The summed E-state index contributed by atoms with van der Waals surface area (Å²) in [5.74, 6) is -0.970. The average molecular weight is 252 g/mol. The van der Waals surface area contributed by atoms with Crippen LogP contribution in [-0.2, 0) is 4.79 Å². The summed E-state index contributed by atoms with van der Waals surface area (Å²) >= 11 is 1.53. The van der Waals surface area contributed by atoms with E-state index < -0.39 is 5.97 Å². The van der Waals surface area contributed by atoms with Crippen LogP contribution in [0.3, 0.4) is 0 Å². The van der Waals surface area contributed by atoms with Crippen LogP contribution in [0, 0.1) is 5.92 Å². The minimum Gasteiger partial charge on any atom is -0.481 e. The fraction of sp³-hybridized carbons (Fsp3) is 0.385. The van der Waals surface area contributed by atoms with Gasteiger partial charge in [-0.1, -0.05) is 25.1 Å². The molecule has 0 saturated heterocycles. The number of ketones is 1. The third-order valence-electron chi connectivity index (χ3n) is 2.46. The van der Waals surface area contributed by atoms with Gasteiger partial charge in [-0.25, -0.2) is 0 Å². The summed E-state index contributed by atoms with van der Waals surface area (Å²) in [6.07, 6.45) is 2.24. The Labute approximate surface area is 105 Å². The molecule has 1 N–H and O–H groups in total. The average Bonchev–Trinajstić information content (AvgIpc) is 2.27. The van der Waals surface area contributed by atoms with E-state index in [1.165, 1.54) is 11.8 Å². The van der Waals surface area contributed by atoms with E-state index in [0.717, 1.165) is 4.90 Å². The molecule has 0 unspecified atom stereocenters. The van der Waals surface area contributed by atoms with E-state index in [-0.39, 0.29) is 24.5 Å². The SMILES string of the molecule is CSc1ccccc1C(=O)C[C@H](C)CC(=O)O. The molecule has 0 aliphatic rings. The third-order valence-corrected chi connectivity index (χ3v) is 3.26. The number of benzene rings is 1. The van der Waals surface area contributed by atoms with Crippen molar-refractivity contribution >= 4 is 23.5 Å². The molecule has 92 valence electrons. The van der Waals surface area contributed by atoms with Crippen LogP contribution in [0.2, 0.25) is 0 Å². The fourth-order valence-electron chi connectivity index (χ4n) is 1.67. The molecule has 0 heterocycles. The summed E-state index contributed by atoms with van der Waals surface area (Å²) < 4.78 is 0. The van der Waals surface area contributed by atoms with Crippen molar-refractivity contribution in [2.24, 2.45) is 5.92 Å². The van der Waals surface area contributed by atoms with Gasteiger partial charge in [0.1, 0.15) is 0 Å². The zero-order valence-corrected chi connectivity index (χ0v) is 10.8. The van der Waals surface area contributed by atoms with E-state index in [9.17, 15) is 9.59 Å². The Bertz CT molecular complexity index is 415. The van der Waals surface area contributed by atoms with Crippen molar-refractivity contribution in [3.8, 4) is 0 Å². The van der Waals surface area contributed by atoms with Gasteiger partial charge in [-0.2, -0.15) is 0 Å². The minimum atomic E-state index is -0.858. The van der Waals surface area contributed by atoms with E-state index in [4.69, 9.17) is 5.11 Å². The predicted octanol–water partition coefficient (Wildman–Crippen LogP) is 3.09. The second-order valence-electron chi connectivity index (χ2n) is 4.03. The molecule has 0 aliphatic carbocycles. The number of thioether (sulfide) groups is 1. The van der Waals surface area contributed by atoms with Crippen LogP contribution in [0.5, 0.6) is 0 Å². The highest BCUT2D eigenvalue weighted by molar-refractivity contribution is 7.98. The summed E-state index contributed by atoms with van der Waals surface area (Å²) in [7, 11) is 0. The third kappa shape index (κ3) is 4.23. The maximum atomic E-state index is 12.0. The summed E-state index contributed by atoms with van der Waals surface area (Å²) in [6, 6.07) is 7.42.